The number of methoxy groups -OCH3 is 1. The fraction of sp³-hybridized carbons (Fsp3) is 1.00. The molecule has 1 heteroatoms. The number of hydrogen-bond donors (Lipinski definition) is 0. The molecule has 1 nitrogen and oxygen atoms in total. The van der Waals surface area contributed by atoms with Gasteiger partial charge in [0, 0.05) is 7.11 Å². The van der Waals surface area contributed by atoms with Crippen LogP contribution in [-0.2, 0) is 4.74 Å². The first-order valence-electron chi connectivity index (χ1n) is 5.41. The molecule has 1 atom stereocenters. The third-order valence-corrected chi connectivity index (χ3v) is 3.05. The van der Waals surface area contributed by atoms with E-state index in [2.05, 4.69) is 6.92 Å². The Hall–Kier alpha value is -0.0400. The monoisotopic (exact) mass is 170 g/mol. The molecule has 0 amide bonds. The molecule has 0 aromatic heterocycles. The van der Waals surface area contributed by atoms with Gasteiger partial charge in [0.1, 0.15) is 0 Å². The summed E-state index contributed by atoms with van der Waals surface area (Å²) in [6.07, 6.45) is 10.2. The highest BCUT2D eigenvalue weighted by Gasteiger charge is 2.22. The van der Waals surface area contributed by atoms with Gasteiger partial charge in [-0.15, -0.1) is 0 Å². The lowest BCUT2D eigenvalue weighted by Gasteiger charge is -2.28. The van der Waals surface area contributed by atoms with Crippen LogP contribution in [0.15, 0.2) is 0 Å². The normalized spacial score (nSPS) is 22.5. The van der Waals surface area contributed by atoms with Gasteiger partial charge in [0.05, 0.1) is 6.10 Å². The molecule has 1 rings (SSSR count). The summed E-state index contributed by atoms with van der Waals surface area (Å²) >= 11 is 0. The van der Waals surface area contributed by atoms with E-state index in [1.165, 1.54) is 44.9 Å². The molecular formula is C11H22O. The van der Waals surface area contributed by atoms with Gasteiger partial charge < -0.3 is 4.74 Å². The molecule has 0 aromatic rings. The average molecular weight is 170 g/mol. The van der Waals surface area contributed by atoms with E-state index in [1.807, 2.05) is 7.11 Å². The van der Waals surface area contributed by atoms with Gasteiger partial charge in [-0.1, -0.05) is 32.6 Å². The summed E-state index contributed by atoms with van der Waals surface area (Å²) < 4.78 is 5.53. The fourth-order valence-electron chi connectivity index (χ4n) is 2.34. The zero-order chi connectivity index (χ0) is 8.81. The highest BCUT2D eigenvalue weighted by molar-refractivity contribution is 4.73. The van der Waals surface area contributed by atoms with Crippen molar-refractivity contribution in [2.24, 2.45) is 5.92 Å². The Labute approximate surface area is 76.5 Å². The van der Waals surface area contributed by atoms with Gasteiger partial charge >= 0.3 is 0 Å². The molecule has 0 saturated heterocycles. The Balaban J connectivity index is 2.29. The molecule has 1 fully saturated rings. The maximum absolute atomic E-state index is 5.53. The molecule has 0 radical (unpaired) electrons. The second-order valence-electron chi connectivity index (χ2n) is 3.96. The molecule has 0 aliphatic heterocycles. The van der Waals surface area contributed by atoms with Crippen molar-refractivity contribution in [3.8, 4) is 0 Å². The van der Waals surface area contributed by atoms with Crippen molar-refractivity contribution in [2.45, 2.75) is 58.0 Å². The van der Waals surface area contributed by atoms with Gasteiger partial charge in [-0.2, -0.15) is 0 Å². The summed E-state index contributed by atoms with van der Waals surface area (Å²) in [6, 6.07) is 0. The Morgan fingerprint density at radius 1 is 1.25 bits per heavy atom. The van der Waals surface area contributed by atoms with E-state index in [0.29, 0.717) is 6.10 Å². The topological polar surface area (TPSA) is 9.23 Å². The fourth-order valence-corrected chi connectivity index (χ4v) is 2.34. The minimum Gasteiger partial charge on any atom is -0.381 e. The summed E-state index contributed by atoms with van der Waals surface area (Å²) in [7, 11) is 1.87. The summed E-state index contributed by atoms with van der Waals surface area (Å²) in [4.78, 5) is 0. The standard InChI is InChI=1S/C11H22O/c1-3-7-11(12-2)10-8-5-4-6-9-10/h10-11H,3-9H2,1-2H3. The highest BCUT2D eigenvalue weighted by atomic mass is 16.5. The predicted octanol–water partition coefficient (Wildman–Crippen LogP) is 3.38. The van der Waals surface area contributed by atoms with Gasteiger partial charge in [0.2, 0.25) is 0 Å². The Morgan fingerprint density at radius 3 is 2.42 bits per heavy atom. The first-order valence-corrected chi connectivity index (χ1v) is 5.41. The first kappa shape index (κ1) is 10.0. The maximum atomic E-state index is 5.53. The Morgan fingerprint density at radius 2 is 1.92 bits per heavy atom. The van der Waals surface area contributed by atoms with Crippen LogP contribution in [0.25, 0.3) is 0 Å². The largest absolute Gasteiger partial charge is 0.381 e. The van der Waals surface area contributed by atoms with E-state index < -0.39 is 0 Å². The van der Waals surface area contributed by atoms with Crippen LogP contribution in [0.2, 0.25) is 0 Å². The Kier molecular flexibility index (Phi) is 4.67. The quantitative estimate of drug-likeness (QED) is 0.628. The van der Waals surface area contributed by atoms with Gasteiger partial charge in [0.15, 0.2) is 0 Å². The van der Waals surface area contributed by atoms with Crippen molar-refractivity contribution >= 4 is 0 Å². The molecule has 12 heavy (non-hydrogen) atoms. The average Bonchev–Trinajstić information content (AvgIpc) is 2.15. The van der Waals surface area contributed by atoms with Crippen molar-refractivity contribution in [1.82, 2.24) is 0 Å². The van der Waals surface area contributed by atoms with E-state index in [4.69, 9.17) is 4.74 Å². The van der Waals surface area contributed by atoms with Crippen LogP contribution in [-0.4, -0.2) is 13.2 Å². The van der Waals surface area contributed by atoms with Crippen LogP contribution in [0.5, 0.6) is 0 Å². The third kappa shape index (κ3) is 2.78. The zero-order valence-corrected chi connectivity index (χ0v) is 8.51. The molecule has 1 saturated carbocycles. The van der Waals surface area contributed by atoms with Gasteiger partial charge in [-0.25, -0.2) is 0 Å². The lowest BCUT2D eigenvalue weighted by Crippen LogP contribution is -2.24. The molecule has 1 aliphatic carbocycles. The summed E-state index contributed by atoms with van der Waals surface area (Å²) in [5.74, 6) is 0.865. The number of hydrogen-bond acceptors (Lipinski definition) is 1. The third-order valence-electron chi connectivity index (χ3n) is 3.05. The predicted molar refractivity (Wildman–Crippen MR) is 52.3 cm³/mol. The highest BCUT2D eigenvalue weighted by Crippen LogP contribution is 2.29. The SMILES string of the molecule is CCCC(OC)C1CCCCC1. The summed E-state index contributed by atoms with van der Waals surface area (Å²) in [6.45, 7) is 2.24. The van der Waals surface area contributed by atoms with Crippen molar-refractivity contribution < 1.29 is 4.74 Å². The van der Waals surface area contributed by atoms with Crippen LogP contribution in [0, 0.1) is 5.92 Å². The lowest BCUT2D eigenvalue weighted by atomic mass is 9.84. The smallest absolute Gasteiger partial charge is 0.0599 e. The van der Waals surface area contributed by atoms with Crippen LogP contribution < -0.4 is 0 Å². The minimum atomic E-state index is 0.551. The molecule has 0 N–H and O–H groups in total. The lowest BCUT2D eigenvalue weighted by molar-refractivity contribution is 0.0299. The van der Waals surface area contributed by atoms with Gasteiger partial charge in [0.25, 0.3) is 0 Å². The molecule has 1 aliphatic rings. The molecule has 1 unspecified atom stereocenters. The van der Waals surface area contributed by atoms with E-state index in [0.717, 1.165) is 5.92 Å². The van der Waals surface area contributed by atoms with Crippen molar-refractivity contribution in [3.05, 3.63) is 0 Å². The van der Waals surface area contributed by atoms with Crippen molar-refractivity contribution in [1.29, 1.82) is 0 Å². The second-order valence-corrected chi connectivity index (χ2v) is 3.96. The van der Waals surface area contributed by atoms with Gasteiger partial charge in [-0.3, -0.25) is 0 Å². The molecule has 72 valence electrons. The molecule has 0 aromatic carbocycles. The van der Waals surface area contributed by atoms with Gasteiger partial charge in [-0.05, 0) is 25.2 Å². The van der Waals surface area contributed by atoms with E-state index in [1.54, 1.807) is 0 Å². The van der Waals surface area contributed by atoms with E-state index >= 15 is 0 Å². The van der Waals surface area contributed by atoms with Crippen LogP contribution in [0.4, 0.5) is 0 Å². The van der Waals surface area contributed by atoms with E-state index in [9.17, 15) is 0 Å². The van der Waals surface area contributed by atoms with Crippen molar-refractivity contribution in [2.75, 3.05) is 7.11 Å². The zero-order valence-electron chi connectivity index (χ0n) is 8.51. The molecule has 0 bridgehead atoms. The van der Waals surface area contributed by atoms with Crippen LogP contribution in [0.1, 0.15) is 51.9 Å². The molecule has 0 heterocycles. The molecular weight excluding hydrogens is 148 g/mol. The second kappa shape index (κ2) is 5.58. The van der Waals surface area contributed by atoms with Crippen LogP contribution >= 0.6 is 0 Å². The first-order chi connectivity index (χ1) is 5.88. The number of rotatable bonds is 4. The molecule has 0 spiro atoms. The maximum Gasteiger partial charge on any atom is 0.0599 e. The summed E-state index contributed by atoms with van der Waals surface area (Å²) in [5, 5.41) is 0. The minimum absolute atomic E-state index is 0.551. The number of ether oxygens (including phenoxy) is 1. The van der Waals surface area contributed by atoms with Crippen LogP contribution in [0.3, 0.4) is 0 Å². The van der Waals surface area contributed by atoms with Crippen molar-refractivity contribution in [3.63, 3.8) is 0 Å². The Bertz CT molecular complexity index is 103. The van der Waals surface area contributed by atoms with E-state index in [-0.39, 0.29) is 0 Å². The summed E-state index contributed by atoms with van der Waals surface area (Å²) in [5.41, 5.74) is 0.